The number of hydrogen-bond acceptors (Lipinski definition) is 4. The molecule has 0 aliphatic heterocycles. The van der Waals surface area contributed by atoms with Crippen LogP contribution in [-0.2, 0) is 9.47 Å². The first-order valence-corrected chi connectivity index (χ1v) is 6.80. The molecule has 0 spiro atoms. The number of hydrogen-bond donors (Lipinski definition) is 2. The first kappa shape index (κ1) is 17.6. The second kappa shape index (κ2) is 14.6. The Bertz CT molecular complexity index is 183. The number of rotatable bonds is 13. The predicted molar refractivity (Wildman–Crippen MR) is 72.3 cm³/mol. The van der Waals surface area contributed by atoms with Crippen molar-refractivity contribution in [1.29, 1.82) is 0 Å². The maximum atomic E-state index is 8.74. The zero-order chi connectivity index (χ0) is 13.5. The molecule has 0 aliphatic carbocycles. The molecule has 0 aliphatic rings. The third-order valence-electron chi connectivity index (χ3n) is 2.72. The van der Waals surface area contributed by atoms with Gasteiger partial charge in [-0.2, -0.15) is 0 Å². The molecule has 0 aromatic heterocycles. The summed E-state index contributed by atoms with van der Waals surface area (Å²) in [5.74, 6) is 0.390. The third-order valence-corrected chi connectivity index (χ3v) is 2.72. The molecular formula is C14H28O4. The molecule has 0 fully saturated rings. The van der Waals surface area contributed by atoms with E-state index >= 15 is 0 Å². The lowest BCUT2D eigenvalue weighted by molar-refractivity contribution is -0.0395. The van der Waals surface area contributed by atoms with E-state index in [0.29, 0.717) is 25.7 Å². The molecule has 2 N–H and O–H groups in total. The summed E-state index contributed by atoms with van der Waals surface area (Å²) in [6.45, 7) is 1.47. The van der Waals surface area contributed by atoms with Gasteiger partial charge in [0.05, 0.1) is 6.61 Å². The smallest absolute Gasteiger partial charge is 0.146 e. The zero-order valence-corrected chi connectivity index (χ0v) is 11.5. The topological polar surface area (TPSA) is 58.9 Å². The molecule has 0 heterocycles. The number of unbranched alkanes of at least 4 members (excludes halogenated alkanes) is 3. The van der Waals surface area contributed by atoms with Gasteiger partial charge in [-0.25, -0.2) is 0 Å². The van der Waals surface area contributed by atoms with Crippen molar-refractivity contribution in [3.8, 4) is 0 Å². The molecule has 4 heteroatoms. The minimum absolute atomic E-state index is 0.193. The van der Waals surface area contributed by atoms with E-state index in [-0.39, 0.29) is 13.2 Å². The Balaban J connectivity index is 3.73. The number of aliphatic hydroxyl groups excluding tert-OH is 2. The van der Waals surface area contributed by atoms with Gasteiger partial charge >= 0.3 is 0 Å². The average Bonchev–Trinajstić information content (AvgIpc) is 2.38. The van der Waals surface area contributed by atoms with Crippen LogP contribution in [0.4, 0.5) is 0 Å². The lowest BCUT2D eigenvalue weighted by Crippen LogP contribution is -2.09. The third kappa shape index (κ3) is 12.0. The molecule has 18 heavy (non-hydrogen) atoms. The molecule has 0 rings (SSSR count). The Kier molecular flexibility index (Phi) is 14.3. The van der Waals surface area contributed by atoms with E-state index in [1.54, 1.807) is 7.11 Å². The fourth-order valence-electron chi connectivity index (χ4n) is 1.75. The predicted octanol–water partition coefficient (Wildman–Crippen LogP) is 2.10. The Labute approximate surface area is 111 Å². The van der Waals surface area contributed by atoms with Gasteiger partial charge in [-0.15, -0.1) is 0 Å². The molecule has 4 nitrogen and oxygen atoms in total. The van der Waals surface area contributed by atoms with E-state index in [2.05, 4.69) is 6.08 Å². The van der Waals surface area contributed by atoms with Crippen LogP contribution in [0.1, 0.15) is 38.5 Å². The average molecular weight is 260 g/mol. The highest BCUT2D eigenvalue weighted by molar-refractivity contribution is 4.88. The largest absolute Gasteiger partial charge is 0.396 e. The van der Waals surface area contributed by atoms with E-state index in [0.717, 1.165) is 32.1 Å². The van der Waals surface area contributed by atoms with Crippen LogP contribution in [0.3, 0.4) is 0 Å². The first-order valence-electron chi connectivity index (χ1n) is 6.80. The van der Waals surface area contributed by atoms with Crippen molar-refractivity contribution in [2.45, 2.75) is 38.5 Å². The number of aliphatic hydroxyl groups is 2. The highest BCUT2D eigenvalue weighted by Crippen LogP contribution is 2.13. The lowest BCUT2D eigenvalue weighted by atomic mass is 10.0. The van der Waals surface area contributed by atoms with Crippen molar-refractivity contribution in [2.75, 3.05) is 33.7 Å². The quantitative estimate of drug-likeness (QED) is 0.302. The van der Waals surface area contributed by atoms with Crippen molar-refractivity contribution in [3.05, 3.63) is 12.2 Å². The first-order chi connectivity index (χ1) is 8.85. The van der Waals surface area contributed by atoms with Gasteiger partial charge < -0.3 is 19.7 Å². The van der Waals surface area contributed by atoms with Gasteiger partial charge in [-0.3, -0.25) is 0 Å². The van der Waals surface area contributed by atoms with E-state index in [9.17, 15) is 0 Å². The van der Waals surface area contributed by atoms with Crippen molar-refractivity contribution in [2.24, 2.45) is 5.92 Å². The molecule has 0 aromatic carbocycles. The van der Waals surface area contributed by atoms with Gasteiger partial charge in [0.25, 0.3) is 0 Å². The monoisotopic (exact) mass is 260 g/mol. The summed E-state index contributed by atoms with van der Waals surface area (Å²) in [5.41, 5.74) is 0. The number of ether oxygens (including phenoxy) is 2. The second-order valence-corrected chi connectivity index (χ2v) is 4.40. The molecule has 0 saturated carbocycles. The molecule has 0 saturated heterocycles. The maximum Gasteiger partial charge on any atom is 0.146 e. The van der Waals surface area contributed by atoms with Crippen LogP contribution in [0.15, 0.2) is 12.2 Å². The maximum absolute atomic E-state index is 8.74. The molecule has 1 unspecified atom stereocenters. The van der Waals surface area contributed by atoms with E-state index in [1.807, 2.05) is 6.08 Å². The van der Waals surface area contributed by atoms with E-state index in [1.165, 1.54) is 0 Å². The molecule has 0 radical (unpaired) electrons. The molecular weight excluding hydrogens is 232 g/mol. The molecule has 1 atom stereocenters. The lowest BCUT2D eigenvalue weighted by Gasteiger charge is -2.13. The van der Waals surface area contributed by atoms with E-state index < -0.39 is 0 Å². The summed E-state index contributed by atoms with van der Waals surface area (Å²) in [7, 11) is 1.62. The van der Waals surface area contributed by atoms with Gasteiger partial charge in [0.1, 0.15) is 6.79 Å². The summed E-state index contributed by atoms with van der Waals surface area (Å²) in [5, 5.41) is 17.4. The Morgan fingerprint density at radius 3 is 2.50 bits per heavy atom. The minimum atomic E-state index is 0.193. The van der Waals surface area contributed by atoms with Crippen molar-refractivity contribution in [3.63, 3.8) is 0 Å². The summed E-state index contributed by atoms with van der Waals surface area (Å²) < 4.78 is 10.2. The van der Waals surface area contributed by atoms with Gasteiger partial charge in [-0.05, 0) is 19.3 Å². The second-order valence-electron chi connectivity index (χ2n) is 4.40. The van der Waals surface area contributed by atoms with Crippen molar-refractivity contribution >= 4 is 0 Å². The van der Waals surface area contributed by atoms with Crippen molar-refractivity contribution < 1.29 is 19.7 Å². The standard InChI is InChI=1S/C14H28O4/c1-17-13-18-12-14(9-5-7-11-16)8-4-2-3-6-10-15/h5,9,14-16H,2-4,6-8,10-13H2,1H3/b9-5+. The Morgan fingerprint density at radius 2 is 1.83 bits per heavy atom. The molecule has 0 amide bonds. The van der Waals surface area contributed by atoms with Crippen LogP contribution in [0, 0.1) is 5.92 Å². The highest BCUT2D eigenvalue weighted by Gasteiger charge is 2.04. The summed E-state index contributed by atoms with van der Waals surface area (Å²) >= 11 is 0. The van der Waals surface area contributed by atoms with Crippen LogP contribution in [-0.4, -0.2) is 43.9 Å². The van der Waals surface area contributed by atoms with Crippen LogP contribution >= 0.6 is 0 Å². The van der Waals surface area contributed by atoms with Gasteiger partial charge in [0.2, 0.25) is 0 Å². The zero-order valence-electron chi connectivity index (χ0n) is 11.5. The normalized spacial score (nSPS) is 13.3. The fraction of sp³-hybridized carbons (Fsp3) is 0.857. The van der Waals surface area contributed by atoms with Crippen LogP contribution in [0.5, 0.6) is 0 Å². The highest BCUT2D eigenvalue weighted by atomic mass is 16.7. The van der Waals surface area contributed by atoms with Crippen LogP contribution < -0.4 is 0 Å². The van der Waals surface area contributed by atoms with Crippen molar-refractivity contribution in [1.82, 2.24) is 0 Å². The van der Waals surface area contributed by atoms with Gasteiger partial charge in [0.15, 0.2) is 0 Å². The van der Waals surface area contributed by atoms with Gasteiger partial charge in [0, 0.05) is 26.2 Å². The SMILES string of the molecule is COCOCC(/C=C/CCO)CCCCCCO. The fourth-order valence-corrected chi connectivity index (χ4v) is 1.75. The van der Waals surface area contributed by atoms with Gasteiger partial charge in [-0.1, -0.05) is 31.4 Å². The summed E-state index contributed by atoms with van der Waals surface area (Å²) in [6, 6.07) is 0. The molecule has 108 valence electrons. The molecule has 0 bridgehead atoms. The summed E-state index contributed by atoms with van der Waals surface area (Å²) in [4.78, 5) is 0. The Morgan fingerprint density at radius 1 is 1.06 bits per heavy atom. The molecule has 0 aromatic rings. The minimum Gasteiger partial charge on any atom is -0.396 e. The van der Waals surface area contributed by atoms with Crippen LogP contribution in [0.25, 0.3) is 0 Å². The van der Waals surface area contributed by atoms with Crippen LogP contribution in [0.2, 0.25) is 0 Å². The number of methoxy groups -OCH3 is 1. The Hall–Kier alpha value is -0.420. The summed E-state index contributed by atoms with van der Waals surface area (Å²) in [6.07, 6.45) is 10.2. The van der Waals surface area contributed by atoms with E-state index in [4.69, 9.17) is 19.7 Å².